The van der Waals surface area contributed by atoms with Crippen molar-refractivity contribution < 1.29 is 0 Å². The molecular formula is C78H60N4. The zero-order chi connectivity index (χ0) is 54.9. The predicted molar refractivity (Wildman–Crippen MR) is 347 cm³/mol. The van der Waals surface area contributed by atoms with E-state index in [-0.39, 0.29) is 0 Å². The molecule has 4 heteroatoms. The highest BCUT2D eigenvalue weighted by Gasteiger charge is 2.20. The van der Waals surface area contributed by atoms with Crippen molar-refractivity contribution in [1.29, 1.82) is 0 Å². The first-order chi connectivity index (χ1) is 40.7. The fourth-order valence-corrected chi connectivity index (χ4v) is 11.2. The summed E-state index contributed by atoms with van der Waals surface area (Å²) in [4.78, 5) is 9.38. The summed E-state index contributed by atoms with van der Waals surface area (Å²) in [5.41, 5.74) is 22.9. The largest absolute Gasteiger partial charge is 0.314 e. The number of allylic oxidation sites excluding steroid dienone is 4. The Morgan fingerprint density at radius 1 is 0.183 bits per heavy atom. The van der Waals surface area contributed by atoms with Gasteiger partial charge in [0.15, 0.2) is 0 Å². The fraction of sp³-hybridized carbons (Fsp3) is 0.0256. The second-order valence-electron chi connectivity index (χ2n) is 20.5. The van der Waals surface area contributed by atoms with Gasteiger partial charge in [-0.15, -0.1) is 0 Å². The van der Waals surface area contributed by atoms with Gasteiger partial charge in [0, 0.05) is 68.3 Å². The van der Waals surface area contributed by atoms with E-state index in [4.69, 9.17) is 0 Å². The SMILES string of the molecule is C1=CCCC(N(c2ccc(-c3ccc(-c4ccc(N(c5ccccc5)c5ccc(N(c6ccccc6)c6ccc(-c7ccccc7)cc6)cc5)cc4)cc3)cc2)c2ccc(N(c3ccccc3)c3ccc(-c4ccccc4)cc3)cc2)=C1. The summed E-state index contributed by atoms with van der Waals surface area (Å²) in [6, 6.07) is 115. The summed E-state index contributed by atoms with van der Waals surface area (Å²) in [7, 11) is 0. The summed E-state index contributed by atoms with van der Waals surface area (Å²) >= 11 is 0. The molecule has 4 nitrogen and oxygen atoms in total. The normalized spacial score (nSPS) is 11.8. The quantitative estimate of drug-likeness (QED) is 0.0956. The lowest BCUT2D eigenvalue weighted by Crippen LogP contribution is -2.17. The first kappa shape index (κ1) is 50.8. The fourth-order valence-electron chi connectivity index (χ4n) is 11.2. The summed E-state index contributed by atoms with van der Waals surface area (Å²) < 4.78 is 0. The van der Waals surface area contributed by atoms with Gasteiger partial charge < -0.3 is 19.6 Å². The van der Waals surface area contributed by atoms with Gasteiger partial charge in [0.05, 0.1) is 0 Å². The zero-order valence-electron chi connectivity index (χ0n) is 45.5. The number of benzene rings is 12. The van der Waals surface area contributed by atoms with Gasteiger partial charge in [-0.25, -0.2) is 0 Å². The smallest absolute Gasteiger partial charge is 0.0463 e. The molecule has 0 spiro atoms. The number of nitrogens with zero attached hydrogens (tertiary/aromatic N) is 4. The molecule has 0 heterocycles. The average molecular weight is 1050 g/mol. The number of anilines is 11. The van der Waals surface area contributed by atoms with Crippen LogP contribution >= 0.6 is 0 Å². The van der Waals surface area contributed by atoms with Gasteiger partial charge in [-0.1, -0.05) is 200 Å². The molecule has 0 bridgehead atoms. The predicted octanol–water partition coefficient (Wildman–Crippen LogP) is 22.1. The number of hydrogen-bond acceptors (Lipinski definition) is 4. The van der Waals surface area contributed by atoms with Gasteiger partial charge in [-0.2, -0.15) is 0 Å². The Labute approximate surface area is 482 Å². The summed E-state index contributed by atoms with van der Waals surface area (Å²) in [5, 5.41) is 0. The minimum absolute atomic E-state index is 0.962. The topological polar surface area (TPSA) is 13.0 Å². The summed E-state index contributed by atoms with van der Waals surface area (Å²) in [6.07, 6.45) is 8.66. The highest BCUT2D eigenvalue weighted by Crippen LogP contribution is 2.43. The van der Waals surface area contributed by atoms with E-state index in [9.17, 15) is 0 Å². The van der Waals surface area contributed by atoms with E-state index in [1.165, 1.54) is 44.6 Å². The van der Waals surface area contributed by atoms with Crippen molar-refractivity contribution in [1.82, 2.24) is 0 Å². The molecule has 0 fully saturated rings. The molecule has 0 saturated carbocycles. The third-order valence-corrected chi connectivity index (χ3v) is 15.3. The Bertz CT molecular complexity index is 4060. The van der Waals surface area contributed by atoms with Crippen LogP contribution in [0.1, 0.15) is 12.8 Å². The first-order valence-electron chi connectivity index (χ1n) is 28.2. The van der Waals surface area contributed by atoms with Crippen LogP contribution in [-0.4, -0.2) is 0 Å². The van der Waals surface area contributed by atoms with Crippen molar-refractivity contribution in [2.45, 2.75) is 12.8 Å². The third-order valence-electron chi connectivity index (χ3n) is 15.3. The lowest BCUT2D eigenvalue weighted by molar-refractivity contribution is 0.917. The van der Waals surface area contributed by atoms with E-state index in [2.05, 4.69) is 359 Å². The Hall–Kier alpha value is -10.7. The highest BCUT2D eigenvalue weighted by atomic mass is 15.2. The van der Waals surface area contributed by atoms with Gasteiger partial charge in [0.2, 0.25) is 0 Å². The Balaban J connectivity index is 0.732. The molecule has 13 rings (SSSR count). The molecule has 0 saturated heterocycles. The van der Waals surface area contributed by atoms with Crippen LogP contribution in [0.2, 0.25) is 0 Å². The summed E-state index contributed by atoms with van der Waals surface area (Å²) in [5.74, 6) is 0. The van der Waals surface area contributed by atoms with E-state index in [0.29, 0.717) is 0 Å². The van der Waals surface area contributed by atoms with Gasteiger partial charge in [-0.05, 0) is 197 Å². The Morgan fingerprint density at radius 2 is 0.378 bits per heavy atom. The monoisotopic (exact) mass is 1050 g/mol. The van der Waals surface area contributed by atoms with E-state index < -0.39 is 0 Å². The molecule has 1 aliphatic carbocycles. The van der Waals surface area contributed by atoms with Crippen LogP contribution in [-0.2, 0) is 0 Å². The van der Waals surface area contributed by atoms with Gasteiger partial charge >= 0.3 is 0 Å². The molecule has 0 radical (unpaired) electrons. The second kappa shape index (κ2) is 23.7. The first-order valence-corrected chi connectivity index (χ1v) is 28.2. The molecule has 0 atom stereocenters. The minimum atomic E-state index is 0.962. The maximum absolute atomic E-state index is 2.41. The highest BCUT2D eigenvalue weighted by molar-refractivity contribution is 5.85. The lowest BCUT2D eigenvalue weighted by atomic mass is 9.99. The molecule has 82 heavy (non-hydrogen) atoms. The number of para-hydroxylation sites is 3. The molecule has 0 unspecified atom stereocenters. The maximum atomic E-state index is 2.41. The van der Waals surface area contributed by atoms with E-state index in [0.717, 1.165) is 81.0 Å². The van der Waals surface area contributed by atoms with Crippen LogP contribution in [0.15, 0.2) is 345 Å². The summed E-state index contributed by atoms with van der Waals surface area (Å²) in [6.45, 7) is 0. The van der Waals surface area contributed by atoms with Crippen molar-refractivity contribution in [3.63, 3.8) is 0 Å². The van der Waals surface area contributed by atoms with Crippen molar-refractivity contribution in [2.75, 3.05) is 19.6 Å². The minimum Gasteiger partial charge on any atom is -0.314 e. The van der Waals surface area contributed by atoms with Crippen LogP contribution in [0.25, 0.3) is 44.5 Å². The van der Waals surface area contributed by atoms with Crippen molar-refractivity contribution in [2.24, 2.45) is 0 Å². The van der Waals surface area contributed by atoms with Crippen molar-refractivity contribution in [3.05, 3.63) is 345 Å². The molecule has 392 valence electrons. The van der Waals surface area contributed by atoms with Crippen LogP contribution in [0, 0.1) is 0 Å². The molecule has 1 aliphatic rings. The van der Waals surface area contributed by atoms with Gasteiger partial charge in [-0.3, -0.25) is 0 Å². The molecule has 0 aromatic heterocycles. The van der Waals surface area contributed by atoms with Crippen LogP contribution in [0.3, 0.4) is 0 Å². The van der Waals surface area contributed by atoms with E-state index >= 15 is 0 Å². The van der Waals surface area contributed by atoms with Crippen LogP contribution in [0.4, 0.5) is 62.6 Å². The lowest BCUT2D eigenvalue weighted by Gasteiger charge is -2.30. The molecular weight excluding hydrogens is 993 g/mol. The molecule has 0 aliphatic heterocycles. The Morgan fingerprint density at radius 3 is 0.622 bits per heavy atom. The van der Waals surface area contributed by atoms with Crippen LogP contribution in [0.5, 0.6) is 0 Å². The van der Waals surface area contributed by atoms with Crippen molar-refractivity contribution in [3.8, 4) is 44.5 Å². The average Bonchev–Trinajstić information content (AvgIpc) is 3.73. The van der Waals surface area contributed by atoms with Crippen LogP contribution < -0.4 is 19.6 Å². The molecule has 0 amide bonds. The Kier molecular flexibility index (Phi) is 14.7. The standard InChI is InChI=1S/C78H60N4/c1-7-19-59(20-8-1)63-35-43-71(44-36-63)79(67-23-11-3-12-24-67)75-51-55-77(56-52-75)81(69-27-15-5-16-28-69)73-47-39-65(40-48-73)61-31-33-62(34-32-61)66-41-49-74(50-42-66)82(70-29-17-6-18-30-70)78-57-53-76(54-58-78)80(68-25-13-4-14-26-68)72-45-37-64(38-46-72)60-21-9-2-10-22-60/h1-17,19-29,31-58H,18,30H2. The maximum Gasteiger partial charge on any atom is 0.0463 e. The van der Waals surface area contributed by atoms with Crippen molar-refractivity contribution >= 4 is 62.6 Å². The second-order valence-corrected chi connectivity index (χ2v) is 20.5. The molecule has 0 N–H and O–H groups in total. The third kappa shape index (κ3) is 11.0. The zero-order valence-corrected chi connectivity index (χ0v) is 45.5. The van der Waals surface area contributed by atoms with E-state index in [1.54, 1.807) is 0 Å². The number of hydrogen-bond donors (Lipinski definition) is 0. The number of rotatable bonds is 16. The van der Waals surface area contributed by atoms with Gasteiger partial charge in [0.1, 0.15) is 0 Å². The van der Waals surface area contributed by atoms with Gasteiger partial charge in [0.25, 0.3) is 0 Å². The molecule has 12 aromatic carbocycles. The van der Waals surface area contributed by atoms with E-state index in [1.807, 2.05) is 0 Å². The molecule has 12 aromatic rings.